The number of fused-ring (bicyclic) bond motifs is 3. The van der Waals surface area contributed by atoms with Crippen LogP contribution in [0.2, 0.25) is 0 Å². The molecule has 0 saturated heterocycles. The molecule has 308 valence electrons. The molecule has 0 aliphatic heterocycles. The second-order valence-corrected chi connectivity index (χ2v) is 18.7. The Labute approximate surface area is 382 Å². The first-order chi connectivity index (χ1) is 31.7. The fourth-order valence-electron chi connectivity index (χ4n) is 12.1. The van der Waals surface area contributed by atoms with Crippen molar-refractivity contribution in [3.63, 3.8) is 0 Å². The van der Waals surface area contributed by atoms with Crippen molar-refractivity contribution in [3.8, 4) is 33.4 Å². The molecule has 12 aromatic carbocycles. The van der Waals surface area contributed by atoms with Crippen molar-refractivity contribution >= 4 is 87.7 Å². The Balaban J connectivity index is 1.32. The minimum Gasteiger partial charge on any atom is -0.0629 e. The van der Waals surface area contributed by atoms with Crippen molar-refractivity contribution < 1.29 is 0 Å². The minimum absolute atomic E-state index is 0.00966. The van der Waals surface area contributed by atoms with Gasteiger partial charge < -0.3 is 0 Å². The minimum atomic E-state index is -0.00966. The van der Waals surface area contributed by atoms with Crippen molar-refractivity contribution in [1.82, 2.24) is 0 Å². The third-order valence-corrected chi connectivity index (χ3v) is 14.5. The topological polar surface area (TPSA) is 0 Å². The van der Waals surface area contributed by atoms with E-state index in [9.17, 15) is 0 Å². The molecule has 0 radical (unpaired) electrons. The quantitative estimate of drug-likeness (QED) is 0.116. The zero-order valence-corrected chi connectivity index (χ0v) is 38.0. The molecule has 0 unspecified atom stereocenters. The molecule has 0 saturated carbocycles. The molecule has 65 heavy (non-hydrogen) atoms. The van der Waals surface area contributed by atoms with Gasteiger partial charge in [0, 0.05) is 0 Å². The molecule has 0 aliphatic rings. The maximum Gasteiger partial charge on any atom is 0.243 e. The van der Waals surface area contributed by atoms with E-state index in [2.05, 4.69) is 230 Å². The molecule has 0 aromatic heterocycles. The number of hydrogen-bond acceptors (Lipinski definition) is 0. The van der Waals surface area contributed by atoms with Crippen molar-refractivity contribution in [3.05, 3.63) is 221 Å². The van der Waals surface area contributed by atoms with E-state index < -0.39 is 0 Å². The lowest BCUT2D eigenvalue weighted by atomic mass is 9.33. The summed E-state index contributed by atoms with van der Waals surface area (Å²) < 4.78 is 0. The van der Waals surface area contributed by atoms with Crippen LogP contribution in [-0.4, -0.2) is 6.71 Å². The number of rotatable bonds is 6. The summed E-state index contributed by atoms with van der Waals surface area (Å²) in [5.41, 5.74) is 19.7. The highest BCUT2D eigenvalue weighted by molar-refractivity contribution is 6.98. The Morgan fingerprint density at radius 3 is 0.985 bits per heavy atom. The molecule has 0 N–H and O–H groups in total. The molecule has 12 aromatic rings. The van der Waals surface area contributed by atoms with Crippen LogP contribution in [0.3, 0.4) is 0 Å². The SMILES string of the molecule is Cc1cc(C)c(B(c2c(C)cc(C)cc2C)c2cc(-c3cccc4ccccc34)c3ccc4c(-c5cccc6ccccc56)cc(-c5cccc6ccccc56)c5ccc2c3c54)c(C)c1. The summed E-state index contributed by atoms with van der Waals surface area (Å²) in [6, 6.07) is 71.5. The standard InChI is InChI=1S/C64H49B/c1-38-32-40(3)63(41(4)33-38)65(64-42(5)34-39(2)35-43(64)6)60-37-59(52-27-15-21-46-18-9-12-24-49(46)52)55-29-28-53-57(50-25-13-19-44-16-7-10-22-47(44)50)36-58(54-30-31-56(60)62(55)61(53)54)51-26-14-20-45-17-8-11-23-48(45)51/h7-37H,1-6H3. The van der Waals surface area contributed by atoms with Crippen LogP contribution >= 0.6 is 0 Å². The van der Waals surface area contributed by atoms with Gasteiger partial charge in [-0.3, -0.25) is 0 Å². The van der Waals surface area contributed by atoms with E-state index in [1.165, 1.54) is 148 Å². The molecular formula is C64H49B. The van der Waals surface area contributed by atoms with Crippen molar-refractivity contribution in [2.45, 2.75) is 41.5 Å². The van der Waals surface area contributed by atoms with Gasteiger partial charge in [0.05, 0.1) is 0 Å². The summed E-state index contributed by atoms with van der Waals surface area (Å²) in [6.45, 7) is 13.8. The van der Waals surface area contributed by atoms with Gasteiger partial charge in [-0.15, -0.1) is 0 Å². The molecule has 0 aliphatic carbocycles. The lowest BCUT2D eigenvalue weighted by Gasteiger charge is -2.28. The van der Waals surface area contributed by atoms with Crippen LogP contribution in [0.5, 0.6) is 0 Å². The van der Waals surface area contributed by atoms with E-state index in [1.54, 1.807) is 0 Å². The normalized spacial score (nSPS) is 11.8. The Morgan fingerprint density at radius 2 is 0.585 bits per heavy atom. The molecule has 0 nitrogen and oxygen atoms in total. The van der Waals surface area contributed by atoms with Gasteiger partial charge in [-0.1, -0.05) is 232 Å². The fraction of sp³-hybridized carbons (Fsp3) is 0.0938. The van der Waals surface area contributed by atoms with Crippen LogP contribution in [0.15, 0.2) is 188 Å². The molecule has 1 heteroatoms. The molecule has 12 rings (SSSR count). The lowest BCUT2D eigenvalue weighted by molar-refractivity contribution is 1.34. The predicted molar refractivity (Wildman–Crippen MR) is 285 cm³/mol. The first kappa shape index (κ1) is 39.1. The third-order valence-electron chi connectivity index (χ3n) is 14.5. The molecule has 0 bridgehead atoms. The molecule has 0 heterocycles. The zero-order chi connectivity index (χ0) is 44.1. The molecule has 0 amide bonds. The van der Waals surface area contributed by atoms with E-state index in [0.29, 0.717) is 0 Å². The van der Waals surface area contributed by atoms with E-state index in [-0.39, 0.29) is 6.71 Å². The van der Waals surface area contributed by atoms with Gasteiger partial charge in [0.2, 0.25) is 6.71 Å². The van der Waals surface area contributed by atoms with Gasteiger partial charge in [0.15, 0.2) is 0 Å². The van der Waals surface area contributed by atoms with Crippen LogP contribution in [0.25, 0.3) is 98.0 Å². The number of hydrogen-bond donors (Lipinski definition) is 0. The molecular weight excluding hydrogens is 780 g/mol. The average Bonchev–Trinajstić information content (AvgIpc) is 3.31. The Morgan fingerprint density at radius 1 is 0.262 bits per heavy atom. The predicted octanol–water partition coefficient (Wildman–Crippen LogP) is 15.4. The van der Waals surface area contributed by atoms with Gasteiger partial charge in [-0.25, -0.2) is 0 Å². The smallest absolute Gasteiger partial charge is 0.0629 e. The second kappa shape index (κ2) is 15.1. The van der Waals surface area contributed by atoms with Crippen LogP contribution in [0.1, 0.15) is 33.4 Å². The Bertz CT molecular complexity index is 3690. The largest absolute Gasteiger partial charge is 0.243 e. The summed E-state index contributed by atoms with van der Waals surface area (Å²) in [6.07, 6.45) is 0. The van der Waals surface area contributed by atoms with E-state index in [1.807, 2.05) is 0 Å². The molecule has 0 fully saturated rings. The lowest BCUT2D eigenvalue weighted by Crippen LogP contribution is -2.56. The molecule has 0 spiro atoms. The first-order valence-corrected chi connectivity index (χ1v) is 23.1. The van der Waals surface area contributed by atoms with Crippen LogP contribution < -0.4 is 16.4 Å². The third kappa shape index (κ3) is 6.13. The summed E-state index contributed by atoms with van der Waals surface area (Å²) in [7, 11) is 0. The Hall–Kier alpha value is -7.48. The molecule has 0 atom stereocenters. The van der Waals surface area contributed by atoms with E-state index in [4.69, 9.17) is 0 Å². The van der Waals surface area contributed by atoms with E-state index in [0.717, 1.165) is 0 Å². The van der Waals surface area contributed by atoms with Crippen LogP contribution in [-0.2, 0) is 0 Å². The van der Waals surface area contributed by atoms with Crippen molar-refractivity contribution in [2.75, 3.05) is 0 Å². The van der Waals surface area contributed by atoms with Gasteiger partial charge in [-0.2, -0.15) is 0 Å². The number of aryl methyl sites for hydroxylation is 6. The second-order valence-electron chi connectivity index (χ2n) is 18.7. The first-order valence-electron chi connectivity index (χ1n) is 23.1. The monoisotopic (exact) mass is 828 g/mol. The zero-order valence-electron chi connectivity index (χ0n) is 38.0. The van der Waals surface area contributed by atoms with Gasteiger partial charge in [-0.05, 0) is 146 Å². The van der Waals surface area contributed by atoms with Crippen molar-refractivity contribution in [1.29, 1.82) is 0 Å². The van der Waals surface area contributed by atoms with Gasteiger partial charge >= 0.3 is 0 Å². The number of benzene rings is 12. The van der Waals surface area contributed by atoms with Gasteiger partial charge in [0.25, 0.3) is 0 Å². The summed E-state index contributed by atoms with van der Waals surface area (Å²) >= 11 is 0. The summed E-state index contributed by atoms with van der Waals surface area (Å²) in [5, 5.41) is 15.4. The average molecular weight is 829 g/mol. The maximum absolute atomic E-state index is 2.59. The van der Waals surface area contributed by atoms with Crippen LogP contribution in [0, 0.1) is 41.5 Å². The highest BCUT2D eigenvalue weighted by Crippen LogP contribution is 2.48. The highest BCUT2D eigenvalue weighted by atomic mass is 14.3. The maximum atomic E-state index is 2.59. The van der Waals surface area contributed by atoms with E-state index >= 15 is 0 Å². The van der Waals surface area contributed by atoms with Crippen LogP contribution in [0.4, 0.5) is 0 Å². The van der Waals surface area contributed by atoms with Gasteiger partial charge in [0.1, 0.15) is 0 Å². The highest BCUT2D eigenvalue weighted by Gasteiger charge is 2.32. The summed E-state index contributed by atoms with van der Waals surface area (Å²) in [5.74, 6) is 0. The fourth-order valence-corrected chi connectivity index (χ4v) is 12.1. The Kier molecular flexibility index (Phi) is 9.08. The summed E-state index contributed by atoms with van der Waals surface area (Å²) in [4.78, 5) is 0. The van der Waals surface area contributed by atoms with Crippen molar-refractivity contribution in [2.24, 2.45) is 0 Å².